The highest BCUT2D eigenvalue weighted by atomic mass is 32.2. The minimum atomic E-state index is -0.175. The van der Waals surface area contributed by atoms with E-state index in [1.54, 1.807) is 13.2 Å². The lowest BCUT2D eigenvalue weighted by Gasteiger charge is -2.11. The Labute approximate surface area is 167 Å². The highest BCUT2D eigenvalue weighted by Crippen LogP contribution is 2.29. The van der Waals surface area contributed by atoms with E-state index >= 15 is 0 Å². The van der Waals surface area contributed by atoms with Crippen molar-refractivity contribution in [2.75, 3.05) is 20.3 Å². The van der Waals surface area contributed by atoms with Crippen LogP contribution in [0.5, 0.6) is 17.2 Å². The zero-order valence-corrected chi connectivity index (χ0v) is 16.4. The summed E-state index contributed by atoms with van der Waals surface area (Å²) in [6.45, 7) is 1.03. The number of nitrogens with one attached hydrogen (secondary N) is 1. The molecule has 2 aromatic rings. The summed E-state index contributed by atoms with van der Waals surface area (Å²) in [4.78, 5) is 12.4. The molecule has 0 unspecified atom stereocenters. The number of rotatable bonds is 8. The zero-order chi connectivity index (χ0) is 19.1. The summed E-state index contributed by atoms with van der Waals surface area (Å²) in [5.74, 6) is 2.07. The van der Waals surface area contributed by atoms with Gasteiger partial charge < -0.3 is 19.5 Å². The van der Waals surface area contributed by atoms with Gasteiger partial charge in [-0.05, 0) is 24.3 Å². The van der Waals surface area contributed by atoms with E-state index in [1.165, 1.54) is 11.8 Å². The van der Waals surface area contributed by atoms with Crippen LogP contribution >= 0.6 is 24.0 Å². The second-order valence-corrected chi connectivity index (χ2v) is 7.34. The van der Waals surface area contributed by atoms with Crippen molar-refractivity contribution in [2.45, 2.75) is 6.42 Å². The first-order valence-corrected chi connectivity index (χ1v) is 9.62. The van der Waals surface area contributed by atoms with E-state index in [9.17, 15) is 4.79 Å². The van der Waals surface area contributed by atoms with Gasteiger partial charge in [0, 0.05) is 18.1 Å². The normalized spacial score (nSPS) is 14.9. The molecule has 1 amide bonds. The first-order valence-electron chi connectivity index (χ1n) is 8.39. The number of benzene rings is 2. The SMILES string of the molecule is COc1cccc(OCCCOc2ccccc2C=C2SC(=S)NC2=O)c1. The summed E-state index contributed by atoms with van der Waals surface area (Å²) in [7, 11) is 1.63. The Morgan fingerprint density at radius 1 is 1.07 bits per heavy atom. The van der Waals surface area contributed by atoms with Crippen molar-refractivity contribution < 1.29 is 19.0 Å². The maximum Gasteiger partial charge on any atom is 0.263 e. The molecule has 0 spiro atoms. The molecule has 0 aromatic heterocycles. The topological polar surface area (TPSA) is 56.8 Å². The first kappa shape index (κ1) is 19.3. The van der Waals surface area contributed by atoms with Crippen molar-refractivity contribution in [2.24, 2.45) is 0 Å². The Morgan fingerprint density at radius 3 is 2.63 bits per heavy atom. The Balaban J connectivity index is 1.52. The van der Waals surface area contributed by atoms with Crippen LogP contribution in [0.2, 0.25) is 0 Å². The van der Waals surface area contributed by atoms with E-state index in [2.05, 4.69) is 5.32 Å². The lowest BCUT2D eigenvalue weighted by Crippen LogP contribution is -2.17. The molecule has 140 valence electrons. The van der Waals surface area contributed by atoms with Gasteiger partial charge in [0.2, 0.25) is 0 Å². The summed E-state index contributed by atoms with van der Waals surface area (Å²) in [5, 5.41) is 2.61. The minimum absolute atomic E-state index is 0.175. The van der Waals surface area contributed by atoms with Crippen molar-refractivity contribution >= 4 is 40.3 Å². The number of thiocarbonyl (C=S) groups is 1. The predicted octanol–water partition coefficient (Wildman–Crippen LogP) is 4.03. The second kappa shape index (κ2) is 9.43. The van der Waals surface area contributed by atoms with Gasteiger partial charge in [-0.2, -0.15) is 0 Å². The Hall–Kier alpha value is -2.51. The molecular formula is C20H19NO4S2. The van der Waals surface area contributed by atoms with Crippen LogP contribution in [0.15, 0.2) is 53.4 Å². The van der Waals surface area contributed by atoms with Gasteiger partial charge in [0.1, 0.15) is 21.6 Å². The standard InChI is InChI=1S/C20H19NO4S2/c1-23-15-7-4-8-16(13-15)24-10-5-11-25-17-9-3-2-6-14(17)12-18-19(22)21-20(26)27-18/h2-4,6-9,12-13H,5,10-11H2,1H3,(H,21,22,26). The molecule has 1 aliphatic rings. The number of thioether (sulfide) groups is 1. The molecule has 0 radical (unpaired) electrons. The van der Waals surface area contributed by atoms with Crippen LogP contribution in [0.3, 0.4) is 0 Å². The van der Waals surface area contributed by atoms with Gasteiger partial charge in [0.15, 0.2) is 0 Å². The molecule has 5 nitrogen and oxygen atoms in total. The third kappa shape index (κ3) is 5.48. The van der Waals surface area contributed by atoms with Gasteiger partial charge in [-0.3, -0.25) is 4.79 Å². The molecule has 0 bridgehead atoms. The minimum Gasteiger partial charge on any atom is -0.497 e. The number of amides is 1. The number of carbonyl (C=O) groups is 1. The van der Waals surface area contributed by atoms with Crippen molar-refractivity contribution in [1.29, 1.82) is 0 Å². The zero-order valence-electron chi connectivity index (χ0n) is 14.8. The molecule has 0 atom stereocenters. The van der Waals surface area contributed by atoms with Crippen molar-refractivity contribution in [1.82, 2.24) is 5.32 Å². The van der Waals surface area contributed by atoms with Crippen LogP contribution in [0.1, 0.15) is 12.0 Å². The molecule has 7 heteroatoms. The Morgan fingerprint density at radius 2 is 1.85 bits per heavy atom. The second-order valence-electron chi connectivity index (χ2n) is 5.62. The first-order chi connectivity index (χ1) is 13.2. The summed E-state index contributed by atoms with van der Waals surface area (Å²) in [6, 6.07) is 15.1. The van der Waals surface area contributed by atoms with E-state index in [-0.39, 0.29) is 5.91 Å². The Kier molecular flexibility index (Phi) is 6.73. The van der Waals surface area contributed by atoms with Crippen LogP contribution in [0.25, 0.3) is 6.08 Å². The van der Waals surface area contributed by atoms with Crippen LogP contribution in [0.4, 0.5) is 0 Å². The van der Waals surface area contributed by atoms with Crippen LogP contribution < -0.4 is 19.5 Å². The van der Waals surface area contributed by atoms with Crippen LogP contribution in [0, 0.1) is 0 Å². The van der Waals surface area contributed by atoms with Crippen molar-refractivity contribution in [3.63, 3.8) is 0 Å². The molecule has 3 rings (SSSR count). The number of ether oxygens (including phenoxy) is 3. The maximum absolute atomic E-state index is 11.8. The smallest absolute Gasteiger partial charge is 0.263 e. The lowest BCUT2D eigenvalue weighted by molar-refractivity contribution is -0.115. The molecule has 1 fully saturated rings. The van der Waals surface area contributed by atoms with Crippen molar-refractivity contribution in [3.8, 4) is 17.2 Å². The fourth-order valence-corrected chi connectivity index (χ4v) is 3.45. The molecule has 2 aromatic carbocycles. The number of para-hydroxylation sites is 1. The van der Waals surface area contributed by atoms with Gasteiger partial charge in [-0.1, -0.05) is 48.2 Å². The van der Waals surface area contributed by atoms with E-state index < -0.39 is 0 Å². The predicted molar refractivity (Wildman–Crippen MR) is 111 cm³/mol. The van der Waals surface area contributed by atoms with Gasteiger partial charge in [-0.15, -0.1) is 0 Å². The van der Waals surface area contributed by atoms with E-state index in [1.807, 2.05) is 48.5 Å². The monoisotopic (exact) mass is 401 g/mol. The summed E-state index contributed by atoms with van der Waals surface area (Å²) < 4.78 is 17.2. The fraction of sp³-hybridized carbons (Fsp3) is 0.200. The number of methoxy groups -OCH3 is 1. The quantitative estimate of drug-likeness (QED) is 0.409. The molecule has 1 saturated heterocycles. The number of hydrogen-bond acceptors (Lipinski definition) is 6. The van der Waals surface area contributed by atoms with Gasteiger partial charge >= 0.3 is 0 Å². The lowest BCUT2D eigenvalue weighted by atomic mass is 10.2. The molecule has 27 heavy (non-hydrogen) atoms. The van der Waals surface area contributed by atoms with Crippen LogP contribution in [-0.4, -0.2) is 30.6 Å². The summed E-state index contributed by atoms with van der Waals surface area (Å²) in [6.07, 6.45) is 2.52. The fourth-order valence-electron chi connectivity index (χ4n) is 2.42. The molecule has 0 saturated carbocycles. The van der Waals surface area contributed by atoms with Crippen molar-refractivity contribution in [3.05, 3.63) is 59.0 Å². The maximum atomic E-state index is 11.8. The van der Waals surface area contributed by atoms with Crippen LogP contribution in [-0.2, 0) is 4.79 Å². The molecule has 0 aliphatic carbocycles. The summed E-state index contributed by atoms with van der Waals surface area (Å²) in [5.41, 5.74) is 0.841. The molecule has 1 heterocycles. The largest absolute Gasteiger partial charge is 0.497 e. The average molecular weight is 402 g/mol. The molecule has 1 N–H and O–H groups in total. The third-order valence-electron chi connectivity index (χ3n) is 3.70. The third-order valence-corrected chi connectivity index (χ3v) is 4.87. The van der Waals surface area contributed by atoms with E-state index in [0.717, 1.165) is 29.2 Å². The highest BCUT2D eigenvalue weighted by molar-refractivity contribution is 8.26. The average Bonchev–Trinajstić information content (AvgIpc) is 3.00. The number of hydrogen-bond donors (Lipinski definition) is 1. The van der Waals surface area contributed by atoms with Gasteiger partial charge in [0.05, 0.1) is 25.2 Å². The van der Waals surface area contributed by atoms with E-state index in [4.69, 9.17) is 26.4 Å². The molecular weight excluding hydrogens is 382 g/mol. The Bertz CT molecular complexity index is 867. The van der Waals surface area contributed by atoms with Gasteiger partial charge in [-0.25, -0.2) is 0 Å². The van der Waals surface area contributed by atoms with E-state index in [0.29, 0.717) is 22.4 Å². The number of carbonyl (C=O) groups excluding carboxylic acids is 1. The molecule has 1 aliphatic heterocycles. The summed E-state index contributed by atoms with van der Waals surface area (Å²) >= 11 is 6.27. The van der Waals surface area contributed by atoms with Gasteiger partial charge in [0.25, 0.3) is 5.91 Å². The highest BCUT2D eigenvalue weighted by Gasteiger charge is 2.22.